The van der Waals surface area contributed by atoms with E-state index in [9.17, 15) is 4.79 Å². The molecular weight excluding hydrogens is 268 g/mol. The van der Waals surface area contributed by atoms with E-state index in [1.54, 1.807) is 0 Å². The molecule has 0 atom stereocenters. The number of unbranched alkanes of at least 4 members (excludes halogenated alkanes) is 6. The SMILES string of the molecule is CCCCCCCCCNC(=O)C(Cl)(Cl)Cl. The van der Waals surface area contributed by atoms with Gasteiger partial charge in [0.1, 0.15) is 0 Å². The van der Waals surface area contributed by atoms with Crippen molar-refractivity contribution >= 4 is 40.7 Å². The Hall–Kier alpha value is 0.340. The predicted molar refractivity (Wildman–Crippen MR) is 71.3 cm³/mol. The van der Waals surface area contributed by atoms with Gasteiger partial charge in [0.15, 0.2) is 0 Å². The minimum atomic E-state index is -1.83. The van der Waals surface area contributed by atoms with Gasteiger partial charge in [-0.3, -0.25) is 4.79 Å². The molecule has 16 heavy (non-hydrogen) atoms. The van der Waals surface area contributed by atoms with Crippen LogP contribution in [0.3, 0.4) is 0 Å². The molecule has 0 aliphatic carbocycles. The lowest BCUT2D eigenvalue weighted by atomic mass is 10.1. The number of amides is 1. The Morgan fingerprint density at radius 3 is 2.00 bits per heavy atom. The molecule has 2 nitrogen and oxygen atoms in total. The molecule has 0 aromatic heterocycles. The fraction of sp³-hybridized carbons (Fsp3) is 0.909. The molecule has 0 unspecified atom stereocenters. The minimum absolute atomic E-state index is 0.538. The molecular formula is C11H20Cl3NO. The summed E-state index contributed by atoms with van der Waals surface area (Å²) in [6.45, 7) is 2.78. The van der Waals surface area contributed by atoms with Crippen LogP contribution in [0.4, 0.5) is 0 Å². The van der Waals surface area contributed by atoms with E-state index in [1.165, 1.54) is 32.1 Å². The molecule has 0 saturated carbocycles. The van der Waals surface area contributed by atoms with E-state index in [4.69, 9.17) is 34.8 Å². The molecule has 0 aromatic carbocycles. The van der Waals surface area contributed by atoms with Crippen LogP contribution in [-0.2, 0) is 4.79 Å². The number of rotatable bonds is 8. The number of hydrogen-bond acceptors (Lipinski definition) is 1. The third kappa shape index (κ3) is 9.56. The van der Waals surface area contributed by atoms with E-state index in [1.807, 2.05) is 0 Å². The average Bonchev–Trinajstić information content (AvgIpc) is 2.20. The first-order valence-electron chi connectivity index (χ1n) is 5.83. The van der Waals surface area contributed by atoms with Crippen LogP contribution in [0.1, 0.15) is 51.9 Å². The zero-order valence-corrected chi connectivity index (χ0v) is 12.0. The van der Waals surface area contributed by atoms with Crippen LogP contribution in [0.5, 0.6) is 0 Å². The maximum atomic E-state index is 11.1. The largest absolute Gasteiger partial charge is 0.352 e. The van der Waals surface area contributed by atoms with Crippen LogP contribution in [0.15, 0.2) is 0 Å². The second-order valence-electron chi connectivity index (χ2n) is 3.87. The van der Waals surface area contributed by atoms with Crippen molar-refractivity contribution in [1.29, 1.82) is 0 Å². The Bertz CT molecular complexity index is 192. The summed E-state index contributed by atoms with van der Waals surface area (Å²) in [6, 6.07) is 0. The Labute approximate surface area is 113 Å². The number of carbonyl (C=O) groups excluding carboxylic acids is 1. The molecule has 96 valence electrons. The molecule has 0 aliphatic rings. The van der Waals surface area contributed by atoms with Gasteiger partial charge in [-0.1, -0.05) is 80.3 Å². The third-order valence-corrected chi connectivity index (χ3v) is 2.84. The van der Waals surface area contributed by atoms with Crippen LogP contribution >= 0.6 is 34.8 Å². The van der Waals surface area contributed by atoms with Gasteiger partial charge in [0.2, 0.25) is 0 Å². The summed E-state index contributed by atoms with van der Waals surface area (Å²) in [4.78, 5) is 11.1. The topological polar surface area (TPSA) is 29.1 Å². The van der Waals surface area contributed by atoms with Crippen LogP contribution < -0.4 is 5.32 Å². The van der Waals surface area contributed by atoms with Crippen LogP contribution in [0.2, 0.25) is 0 Å². The smallest absolute Gasteiger partial charge is 0.272 e. The minimum Gasteiger partial charge on any atom is -0.352 e. The van der Waals surface area contributed by atoms with Crippen molar-refractivity contribution < 1.29 is 4.79 Å². The normalized spacial score (nSPS) is 11.5. The van der Waals surface area contributed by atoms with Crippen molar-refractivity contribution in [3.05, 3.63) is 0 Å². The van der Waals surface area contributed by atoms with E-state index in [0.717, 1.165) is 12.8 Å². The molecule has 1 N–H and O–H groups in total. The monoisotopic (exact) mass is 287 g/mol. The van der Waals surface area contributed by atoms with Gasteiger partial charge in [-0.15, -0.1) is 0 Å². The zero-order valence-electron chi connectivity index (χ0n) is 9.70. The maximum Gasteiger partial charge on any atom is 0.272 e. The highest BCUT2D eigenvalue weighted by Gasteiger charge is 2.29. The van der Waals surface area contributed by atoms with E-state index in [-0.39, 0.29) is 0 Å². The van der Waals surface area contributed by atoms with E-state index >= 15 is 0 Å². The van der Waals surface area contributed by atoms with Crippen LogP contribution in [-0.4, -0.2) is 16.2 Å². The van der Waals surface area contributed by atoms with Crippen molar-refractivity contribution in [2.24, 2.45) is 0 Å². The van der Waals surface area contributed by atoms with E-state index in [0.29, 0.717) is 6.54 Å². The highest BCUT2D eigenvalue weighted by molar-refractivity contribution is 6.76. The van der Waals surface area contributed by atoms with Crippen molar-refractivity contribution in [2.45, 2.75) is 55.7 Å². The van der Waals surface area contributed by atoms with Gasteiger partial charge in [-0.2, -0.15) is 0 Å². The van der Waals surface area contributed by atoms with Crippen molar-refractivity contribution in [1.82, 2.24) is 5.32 Å². The Morgan fingerprint density at radius 1 is 1.00 bits per heavy atom. The van der Waals surface area contributed by atoms with Crippen molar-refractivity contribution in [3.63, 3.8) is 0 Å². The molecule has 0 radical (unpaired) electrons. The number of hydrogen-bond donors (Lipinski definition) is 1. The first kappa shape index (κ1) is 16.3. The molecule has 0 fully saturated rings. The molecule has 0 bridgehead atoms. The maximum absolute atomic E-state index is 11.1. The summed E-state index contributed by atoms with van der Waals surface area (Å²) < 4.78 is -1.83. The highest BCUT2D eigenvalue weighted by atomic mass is 35.6. The second kappa shape index (κ2) is 9.38. The summed E-state index contributed by atoms with van der Waals surface area (Å²) in [6.07, 6.45) is 8.42. The van der Waals surface area contributed by atoms with E-state index < -0.39 is 9.70 Å². The van der Waals surface area contributed by atoms with Crippen molar-refractivity contribution in [3.8, 4) is 0 Å². The molecule has 0 spiro atoms. The summed E-state index contributed by atoms with van der Waals surface area (Å²) in [5, 5.41) is 2.59. The number of nitrogens with one attached hydrogen (secondary N) is 1. The lowest BCUT2D eigenvalue weighted by Crippen LogP contribution is -2.35. The molecule has 0 aliphatic heterocycles. The Kier molecular flexibility index (Phi) is 9.58. The standard InChI is InChI=1S/C11H20Cl3NO/c1-2-3-4-5-6-7-8-9-15-10(16)11(12,13)14/h2-9H2,1H3,(H,15,16). The molecule has 1 amide bonds. The summed E-state index contributed by atoms with van der Waals surface area (Å²) in [7, 11) is 0. The van der Waals surface area contributed by atoms with Crippen LogP contribution in [0, 0.1) is 0 Å². The average molecular weight is 289 g/mol. The predicted octanol–water partition coefficient (Wildman–Crippen LogP) is 4.22. The zero-order chi connectivity index (χ0) is 12.4. The fourth-order valence-electron chi connectivity index (χ4n) is 1.38. The molecule has 0 aromatic rings. The lowest BCUT2D eigenvalue weighted by molar-refractivity contribution is -0.120. The molecule has 5 heteroatoms. The van der Waals surface area contributed by atoms with Gasteiger partial charge < -0.3 is 5.32 Å². The van der Waals surface area contributed by atoms with Gasteiger partial charge >= 0.3 is 0 Å². The number of halogens is 3. The van der Waals surface area contributed by atoms with Gasteiger partial charge in [0.05, 0.1) is 0 Å². The summed E-state index contributed by atoms with van der Waals surface area (Å²) in [5.74, 6) is -0.538. The number of carbonyl (C=O) groups is 1. The highest BCUT2D eigenvalue weighted by Crippen LogP contribution is 2.25. The van der Waals surface area contributed by atoms with Gasteiger partial charge in [-0.05, 0) is 6.42 Å². The fourth-order valence-corrected chi connectivity index (χ4v) is 1.58. The van der Waals surface area contributed by atoms with Crippen LogP contribution in [0.25, 0.3) is 0 Å². The second-order valence-corrected chi connectivity index (χ2v) is 6.16. The molecule has 0 heterocycles. The Morgan fingerprint density at radius 2 is 1.50 bits per heavy atom. The number of alkyl halides is 3. The Balaban J connectivity index is 3.25. The quantitative estimate of drug-likeness (QED) is 0.526. The summed E-state index contributed by atoms with van der Waals surface area (Å²) >= 11 is 16.2. The first-order valence-corrected chi connectivity index (χ1v) is 6.97. The lowest BCUT2D eigenvalue weighted by Gasteiger charge is -2.10. The van der Waals surface area contributed by atoms with Gasteiger partial charge in [-0.25, -0.2) is 0 Å². The summed E-state index contributed by atoms with van der Waals surface area (Å²) in [5.41, 5.74) is 0. The third-order valence-electron chi connectivity index (χ3n) is 2.32. The molecule has 0 saturated heterocycles. The van der Waals surface area contributed by atoms with Crippen molar-refractivity contribution in [2.75, 3.05) is 6.54 Å². The van der Waals surface area contributed by atoms with E-state index in [2.05, 4.69) is 12.2 Å². The molecule has 0 rings (SSSR count). The first-order chi connectivity index (χ1) is 7.48. The van der Waals surface area contributed by atoms with Gasteiger partial charge in [0.25, 0.3) is 9.70 Å². The van der Waals surface area contributed by atoms with Gasteiger partial charge in [0, 0.05) is 6.54 Å².